The van der Waals surface area contributed by atoms with E-state index >= 15 is 0 Å². The van der Waals surface area contributed by atoms with Crippen molar-refractivity contribution in [2.45, 2.75) is 19.4 Å². The quantitative estimate of drug-likeness (QED) is 0.602. The molecule has 1 rings (SSSR count). The zero-order valence-electron chi connectivity index (χ0n) is 12.3. The Morgan fingerprint density at radius 1 is 1.15 bits per heavy atom. The van der Waals surface area contributed by atoms with Crippen LogP contribution in [0.2, 0.25) is 0 Å². The van der Waals surface area contributed by atoms with Crippen LogP contribution in [0.25, 0.3) is 0 Å². The van der Waals surface area contributed by atoms with Gasteiger partial charge in [0.2, 0.25) is 0 Å². The molecule has 0 aliphatic carbocycles. The Kier molecular flexibility index (Phi) is 8.78. The molecule has 0 saturated heterocycles. The number of benzene rings is 1. The Bertz CT molecular complexity index is 359. The van der Waals surface area contributed by atoms with Crippen LogP contribution < -0.4 is 14.8 Å². The first-order valence-corrected chi connectivity index (χ1v) is 7.00. The van der Waals surface area contributed by atoms with Crippen molar-refractivity contribution in [2.75, 3.05) is 40.0 Å². The molecule has 0 aliphatic rings. The summed E-state index contributed by atoms with van der Waals surface area (Å²) in [7, 11) is 1.58. The first kappa shape index (κ1) is 16.8. The lowest BCUT2D eigenvalue weighted by atomic mass is 10.2. The van der Waals surface area contributed by atoms with Crippen LogP contribution >= 0.6 is 0 Å². The number of nitrogens with one attached hydrogen (secondary N) is 1. The molecule has 20 heavy (non-hydrogen) atoms. The summed E-state index contributed by atoms with van der Waals surface area (Å²) in [4.78, 5) is 0. The minimum Gasteiger partial charge on any atom is -0.490 e. The Morgan fingerprint density at radius 2 is 1.85 bits per heavy atom. The van der Waals surface area contributed by atoms with E-state index in [0.29, 0.717) is 26.2 Å². The average molecular weight is 283 g/mol. The summed E-state index contributed by atoms with van der Waals surface area (Å²) < 4.78 is 16.0. The van der Waals surface area contributed by atoms with E-state index in [1.54, 1.807) is 7.11 Å². The van der Waals surface area contributed by atoms with Crippen molar-refractivity contribution in [1.29, 1.82) is 0 Å². The topological polar surface area (TPSA) is 60.0 Å². The van der Waals surface area contributed by atoms with Gasteiger partial charge in [-0.3, -0.25) is 0 Å². The van der Waals surface area contributed by atoms with Crippen LogP contribution in [0.4, 0.5) is 0 Å². The summed E-state index contributed by atoms with van der Waals surface area (Å²) in [6, 6.07) is 7.64. The molecule has 1 unspecified atom stereocenters. The number of methoxy groups -OCH3 is 1. The molecule has 0 amide bonds. The van der Waals surface area contributed by atoms with E-state index in [1.165, 1.54) is 0 Å². The van der Waals surface area contributed by atoms with Crippen LogP contribution in [0.5, 0.6) is 11.5 Å². The van der Waals surface area contributed by atoms with Crippen LogP contribution in [-0.2, 0) is 4.74 Å². The van der Waals surface area contributed by atoms with E-state index in [9.17, 15) is 5.11 Å². The lowest BCUT2D eigenvalue weighted by Crippen LogP contribution is -2.26. The Labute approximate surface area is 120 Å². The van der Waals surface area contributed by atoms with E-state index in [0.717, 1.165) is 24.6 Å². The fourth-order valence-corrected chi connectivity index (χ4v) is 1.75. The van der Waals surface area contributed by atoms with Crippen molar-refractivity contribution in [1.82, 2.24) is 5.32 Å². The average Bonchev–Trinajstić information content (AvgIpc) is 2.45. The van der Waals surface area contributed by atoms with Crippen LogP contribution in [0.1, 0.15) is 13.3 Å². The highest BCUT2D eigenvalue weighted by Gasteiger charge is 2.04. The highest BCUT2D eigenvalue weighted by atomic mass is 16.5. The third-order valence-corrected chi connectivity index (χ3v) is 2.70. The molecule has 0 saturated carbocycles. The van der Waals surface area contributed by atoms with Crippen LogP contribution in [0.3, 0.4) is 0 Å². The number of hydrogen-bond donors (Lipinski definition) is 2. The van der Waals surface area contributed by atoms with Crippen molar-refractivity contribution < 1.29 is 19.3 Å². The predicted molar refractivity (Wildman–Crippen MR) is 78.5 cm³/mol. The monoisotopic (exact) mass is 283 g/mol. The number of rotatable bonds is 11. The Morgan fingerprint density at radius 3 is 2.50 bits per heavy atom. The highest BCUT2D eigenvalue weighted by Crippen LogP contribution is 2.25. The number of aliphatic hydroxyl groups is 1. The zero-order chi connectivity index (χ0) is 14.6. The first-order chi connectivity index (χ1) is 9.77. The fourth-order valence-electron chi connectivity index (χ4n) is 1.75. The first-order valence-electron chi connectivity index (χ1n) is 7.00. The highest BCUT2D eigenvalue weighted by molar-refractivity contribution is 5.39. The van der Waals surface area contributed by atoms with E-state index in [1.807, 2.05) is 31.2 Å². The van der Waals surface area contributed by atoms with Gasteiger partial charge in [0.1, 0.15) is 6.61 Å². The van der Waals surface area contributed by atoms with Gasteiger partial charge in [-0.05, 0) is 32.0 Å². The molecule has 2 N–H and O–H groups in total. The maximum atomic E-state index is 9.47. The maximum Gasteiger partial charge on any atom is 0.161 e. The van der Waals surface area contributed by atoms with Gasteiger partial charge in [-0.2, -0.15) is 0 Å². The molecule has 1 atom stereocenters. The second kappa shape index (κ2) is 10.5. The van der Waals surface area contributed by atoms with Crippen molar-refractivity contribution in [3.05, 3.63) is 24.3 Å². The smallest absolute Gasteiger partial charge is 0.161 e. The summed E-state index contributed by atoms with van der Waals surface area (Å²) in [6.45, 7) is 4.96. The lowest BCUT2D eigenvalue weighted by Gasteiger charge is -2.12. The van der Waals surface area contributed by atoms with Gasteiger partial charge >= 0.3 is 0 Å². The molecule has 0 fully saturated rings. The summed E-state index contributed by atoms with van der Waals surface area (Å²) in [5, 5.41) is 12.7. The largest absolute Gasteiger partial charge is 0.490 e. The molecule has 0 bridgehead atoms. The van der Waals surface area contributed by atoms with Gasteiger partial charge in [-0.25, -0.2) is 0 Å². The van der Waals surface area contributed by atoms with Crippen molar-refractivity contribution >= 4 is 0 Å². The number of ether oxygens (including phenoxy) is 3. The molecule has 114 valence electrons. The molecule has 0 aliphatic heterocycles. The standard InChI is InChI=1S/C15H25NO4/c1-3-19-14-6-4-5-7-15(14)20-11-10-16-9-8-13(17)12-18-2/h4-7,13,16-17H,3,8-12H2,1-2H3. The van der Waals surface area contributed by atoms with Crippen molar-refractivity contribution in [3.63, 3.8) is 0 Å². The van der Waals surface area contributed by atoms with E-state index in [2.05, 4.69) is 5.32 Å². The number of para-hydroxylation sites is 2. The molecule has 1 aromatic rings. The van der Waals surface area contributed by atoms with Crippen LogP contribution in [-0.4, -0.2) is 51.2 Å². The molecule has 0 radical (unpaired) electrons. The molecular formula is C15H25NO4. The van der Waals surface area contributed by atoms with E-state index in [-0.39, 0.29) is 0 Å². The Hall–Kier alpha value is -1.30. The second-order valence-corrected chi connectivity index (χ2v) is 4.38. The molecule has 5 heteroatoms. The van der Waals surface area contributed by atoms with Gasteiger partial charge < -0.3 is 24.6 Å². The minimum absolute atomic E-state index is 0.375. The van der Waals surface area contributed by atoms with Gasteiger partial charge in [0, 0.05) is 13.7 Å². The third-order valence-electron chi connectivity index (χ3n) is 2.70. The van der Waals surface area contributed by atoms with Gasteiger partial charge in [0.25, 0.3) is 0 Å². The van der Waals surface area contributed by atoms with Gasteiger partial charge in [-0.1, -0.05) is 12.1 Å². The maximum absolute atomic E-state index is 9.47. The van der Waals surface area contributed by atoms with Gasteiger partial charge in [-0.15, -0.1) is 0 Å². The minimum atomic E-state index is -0.410. The molecular weight excluding hydrogens is 258 g/mol. The number of hydrogen-bond acceptors (Lipinski definition) is 5. The lowest BCUT2D eigenvalue weighted by molar-refractivity contribution is 0.0593. The van der Waals surface area contributed by atoms with Crippen LogP contribution in [0, 0.1) is 0 Å². The third kappa shape index (κ3) is 6.75. The normalized spacial score (nSPS) is 12.2. The van der Waals surface area contributed by atoms with E-state index < -0.39 is 6.10 Å². The van der Waals surface area contributed by atoms with Crippen molar-refractivity contribution in [2.24, 2.45) is 0 Å². The molecule has 5 nitrogen and oxygen atoms in total. The van der Waals surface area contributed by atoms with Crippen LogP contribution in [0.15, 0.2) is 24.3 Å². The zero-order valence-corrected chi connectivity index (χ0v) is 12.3. The second-order valence-electron chi connectivity index (χ2n) is 4.38. The van der Waals surface area contributed by atoms with Gasteiger partial charge in [0.05, 0.1) is 19.3 Å². The number of aliphatic hydroxyl groups excluding tert-OH is 1. The predicted octanol–water partition coefficient (Wildman–Crippen LogP) is 1.45. The molecule has 0 aromatic heterocycles. The molecule has 1 aromatic carbocycles. The van der Waals surface area contributed by atoms with E-state index in [4.69, 9.17) is 14.2 Å². The fraction of sp³-hybridized carbons (Fsp3) is 0.600. The SMILES string of the molecule is CCOc1ccccc1OCCNCCC(O)COC. The van der Waals surface area contributed by atoms with Crippen molar-refractivity contribution in [3.8, 4) is 11.5 Å². The molecule has 0 heterocycles. The summed E-state index contributed by atoms with van der Waals surface area (Å²) in [6.07, 6.45) is 0.260. The summed E-state index contributed by atoms with van der Waals surface area (Å²) >= 11 is 0. The Balaban J connectivity index is 2.15. The summed E-state index contributed by atoms with van der Waals surface area (Å²) in [5.74, 6) is 1.53. The summed E-state index contributed by atoms with van der Waals surface area (Å²) in [5.41, 5.74) is 0. The van der Waals surface area contributed by atoms with Gasteiger partial charge in [0.15, 0.2) is 11.5 Å². The molecule has 0 spiro atoms.